The molecule has 0 aliphatic carbocycles. The van der Waals surface area contributed by atoms with E-state index in [2.05, 4.69) is 16.8 Å². The second-order valence-electron chi connectivity index (χ2n) is 6.31. The van der Waals surface area contributed by atoms with Crippen molar-refractivity contribution in [3.63, 3.8) is 0 Å². The van der Waals surface area contributed by atoms with Crippen LogP contribution in [-0.2, 0) is 0 Å². The van der Waals surface area contributed by atoms with E-state index in [1.54, 1.807) is 0 Å². The van der Waals surface area contributed by atoms with Crippen LogP contribution in [0, 0.1) is 11.8 Å². The monoisotopic (exact) mass is 286 g/mol. The van der Waals surface area contributed by atoms with E-state index < -0.39 is 6.17 Å². The van der Waals surface area contributed by atoms with Crippen molar-refractivity contribution in [2.45, 2.75) is 59.0 Å². The van der Waals surface area contributed by atoms with Crippen molar-refractivity contribution in [1.82, 2.24) is 9.80 Å². The molecule has 120 valence electrons. The number of piperidine rings is 2. The van der Waals surface area contributed by atoms with Crippen LogP contribution < -0.4 is 0 Å². The van der Waals surface area contributed by atoms with Crippen LogP contribution in [0.2, 0.25) is 0 Å². The minimum Gasteiger partial charge on any atom is -0.306 e. The fourth-order valence-electron chi connectivity index (χ4n) is 3.44. The summed E-state index contributed by atoms with van der Waals surface area (Å²) in [5.74, 6) is 1.22. The van der Waals surface area contributed by atoms with E-state index in [4.69, 9.17) is 0 Å². The number of alkyl halides is 1. The zero-order chi connectivity index (χ0) is 15.0. The summed E-state index contributed by atoms with van der Waals surface area (Å²) in [5.41, 5.74) is 0. The molecule has 0 amide bonds. The second kappa shape index (κ2) is 9.73. The first kappa shape index (κ1) is 17.9. The lowest BCUT2D eigenvalue weighted by molar-refractivity contribution is 0.0935. The Morgan fingerprint density at radius 1 is 1.00 bits per heavy atom. The fraction of sp³-hybridized carbons (Fsp3) is 1.00. The molecule has 2 rings (SSSR count). The highest BCUT2D eigenvalue weighted by atomic mass is 19.1. The van der Waals surface area contributed by atoms with Gasteiger partial charge in [-0.15, -0.1) is 0 Å². The Hall–Kier alpha value is -0.150. The largest absolute Gasteiger partial charge is 0.306 e. The number of rotatable bonds is 4. The Morgan fingerprint density at radius 2 is 1.55 bits per heavy atom. The first-order valence-corrected chi connectivity index (χ1v) is 8.74. The molecule has 2 fully saturated rings. The predicted molar refractivity (Wildman–Crippen MR) is 85.9 cm³/mol. The van der Waals surface area contributed by atoms with Gasteiger partial charge < -0.3 is 9.80 Å². The molecule has 0 saturated carbocycles. The summed E-state index contributed by atoms with van der Waals surface area (Å²) in [6.07, 6.45) is 4.97. The maximum Gasteiger partial charge on any atom is 0.103 e. The van der Waals surface area contributed by atoms with Crippen LogP contribution in [0.3, 0.4) is 0 Å². The summed E-state index contributed by atoms with van der Waals surface area (Å²) in [6.45, 7) is 12.0. The van der Waals surface area contributed by atoms with Gasteiger partial charge in [-0.3, -0.25) is 0 Å². The molecular formula is C17H35FN2. The van der Waals surface area contributed by atoms with Crippen LogP contribution in [0.25, 0.3) is 0 Å². The second-order valence-corrected chi connectivity index (χ2v) is 6.31. The van der Waals surface area contributed by atoms with E-state index >= 15 is 0 Å². The minimum atomic E-state index is -0.560. The van der Waals surface area contributed by atoms with Crippen molar-refractivity contribution in [3.05, 3.63) is 0 Å². The molecule has 2 heterocycles. The van der Waals surface area contributed by atoms with E-state index in [1.165, 1.54) is 32.5 Å². The average Bonchev–Trinajstić information content (AvgIpc) is 2.51. The molecule has 2 aliphatic rings. The lowest BCUT2D eigenvalue weighted by Crippen LogP contribution is -2.41. The van der Waals surface area contributed by atoms with Crippen LogP contribution >= 0.6 is 0 Å². The zero-order valence-electron chi connectivity index (χ0n) is 14.1. The van der Waals surface area contributed by atoms with Crippen LogP contribution in [0.4, 0.5) is 4.39 Å². The van der Waals surface area contributed by atoms with E-state index in [1.807, 2.05) is 20.8 Å². The Balaban J connectivity index is 0.000000956. The Bertz CT molecular complexity index is 231. The zero-order valence-corrected chi connectivity index (χ0v) is 14.1. The smallest absolute Gasteiger partial charge is 0.103 e. The predicted octanol–water partition coefficient (Wildman–Crippen LogP) is 3.81. The maximum atomic E-state index is 13.6. The summed E-state index contributed by atoms with van der Waals surface area (Å²) in [7, 11) is 2.22. The normalized spacial score (nSPS) is 25.1. The van der Waals surface area contributed by atoms with Crippen molar-refractivity contribution in [2.75, 3.05) is 39.8 Å². The SMILES string of the molecule is CC.CC[C@@H](F)C1CCN(CC2CCN(C)CC2)CC1. The number of hydrogen-bond donors (Lipinski definition) is 0. The van der Waals surface area contributed by atoms with Crippen LogP contribution in [0.1, 0.15) is 52.9 Å². The highest BCUT2D eigenvalue weighted by Gasteiger charge is 2.27. The molecule has 0 bridgehead atoms. The first-order valence-electron chi connectivity index (χ1n) is 8.74. The van der Waals surface area contributed by atoms with Crippen molar-refractivity contribution < 1.29 is 4.39 Å². The summed E-state index contributed by atoms with van der Waals surface area (Å²) >= 11 is 0. The van der Waals surface area contributed by atoms with Gasteiger partial charge in [0.25, 0.3) is 0 Å². The number of nitrogens with zero attached hydrogens (tertiary/aromatic N) is 2. The third-order valence-electron chi connectivity index (χ3n) is 4.89. The molecule has 0 aromatic carbocycles. The van der Waals surface area contributed by atoms with E-state index in [0.717, 1.165) is 31.8 Å². The van der Waals surface area contributed by atoms with Gasteiger partial charge in [0.05, 0.1) is 0 Å². The molecular weight excluding hydrogens is 251 g/mol. The number of hydrogen-bond acceptors (Lipinski definition) is 2. The topological polar surface area (TPSA) is 6.48 Å². The molecule has 2 nitrogen and oxygen atoms in total. The standard InChI is InChI=1S/C15H29FN2.C2H6/c1-3-15(16)14-6-10-18(11-7-14)12-13-4-8-17(2)9-5-13;1-2/h13-15H,3-12H2,1-2H3;1-2H3/t15-;/m1./s1. The minimum absolute atomic E-state index is 0.337. The Labute approximate surface area is 125 Å². The number of halogens is 1. The summed E-state index contributed by atoms with van der Waals surface area (Å²) < 4.78 is 13.6. The lowest BCUT2D eigenvalue weighted by atomic mass is 9.89. The molecule has 2 aliphatic heterocycles. The van der Waals surface area contributed by atoms with Crippen molar-refractivity contribution >= 4 is 0 Å². The number of likely N-dealkylation sites (tertiary alicyclic amines) is 2. The van der Waals surface area contributed by atoms with E-state index in [9.17, 15) is 4.39 Å². The molecule has 3 heteroatoms. The quantitative estimate of drug-likeness (QED) is 0.775. The van der Waals surface area contributed by atoms with Crippen LogP contribution in [0.15, 0.2) is 0 Å². The van der Waals surface area contributed by atoms with Gasteiger partial charge >= 0.3 is 0 Å². The summed E-state index contributed by atoms with van der Waals surface area (Å²) in [6, 6.07) is 0. The fourth-order valence-corrected chi connectivity index (χ4v) is 3.44. The highest BCUT2D eigenvalue weighted by molar-refractivity contribution is 4.80. The summed E-state index contributed by atoms with van der Waals surface area (Å²) in [5, 5.41) is 0. The molecule has 2 saturated heterocycles. The average molecular weight is 286 g/mol. The van der Waals surface area contributed by atoms with Gasteiger partial charge in [0.1, 0.15) is 6.17 Å². The van der Waals surface area contributed by atoms with Crippen molar-refractivity contribution in [1.29, 1.82) is 0 Å². The molecule has 0 spiro atoms. The van der Waals surface area contributed by atoms with Gasteiger partial charge in [-0.2, -0.15) is 0 Å². The summed E-state index contributed by atoms with van der Waals surface area (Å²) in [4.78, 5) is 5.01. The first-order chi connectivity index (χ1) is 9.69. The van der Waals surface area contributed by atoms with Gasteiger partial charge in [0.15, 0.2) is 0 Å². The molecule has 20 heavy (non-hydrogen) atoms. The van der Waals surface area contributed by atoms with E-state index in [0.29, 0.717) is 12.3 Å². The van der Waals surface area contributed by atoms with E-state index in [-0.39, 0.29) is 0 Å². The third kappa shape index (κ3) is 5.69. The van der Waals surface area contributed by atoms with Gasteiger partial charge in [-0.25, -0.2) is 4.39 Å². The van der Waals surface area contributed by atoms with Crippen molar-refractivity contribution in [3.8, 4) is 0 Å². The molecule has 0 radical (unpaired) electrons. The Kier molecular flexibility index (Phi) is 8.70. The van der Waals surface area contributed by atoms with Gasteiger partial charge in [0, 0.05) is 6.54 Å². The molecule has 0 N–H and O–H groups in total. The maximum absolute atomic E-state index is 13.6. The van der Waals surface area contributed by atoms with Crippen molar-refractivity contribution in [2.24, 2.45) is 11.8 Å². The third-order valence-corrected chi connectivity index (χ3v) is 4.89. The Morgan fingerprint density at radius 3 is 2.05 bits per heavy atom. The van der Waals surface area contributed by atoms with Crippen LogP contribution in [-0.4, -0.2) is 55.7 Å². The molecule has 0 unspecified atom stereocenters. The molecule has 0 aromatic rings. The lowest BCUT2D eigenvalue weighted by Gasteiger charge is -2.37. The van der Waals surface area contributed by atoms with Crippen LogP contribution in [0.5, 0.6) is 0 Å². The molecule has 0 aromatic heterocycles. The molecule has 1 atom stereocenters. The van der Waals surface area contributed by atoms with Gasteiger partial charge in [0.2, 0.25) is 0 Å². The van der Waals surface area contributed by atoms with Gasteiger partial charge in [-0.1, -0.05) is 20.8 Å². The highest BCUT2D eigenvalue weighted by Crippen LogP contribution is 2.26. The van der Waals surface area contributed by atoms with Gasteiger partial charge in [-0.05, 0) is 77.2 Å².